The highest BCUT2D eigenvalue weighted by Crippen LogP contribution is 2.31. The van der Waals surface area contributed by atoms with Crippen molar-refractivity contribution < 1.29 is 4.79 Å². The summed E-state index contributed by atoms with van der Waals surface area (Å²) in [6.45, 7) is 0.995. The number of aryl methyl sites for hydroxylation is 1. The third-order valence-electron chi connectivity index (χ3n) is 5.88. The summed E-state index contributed by atoms with van der Waals surface area (Å²) in [5.74, 6) is -0.0470. The number of benzene rings is 2. The van der Waals surface area contributed by atoms with E-state index in [-0.39, 0.29) is 5.91 Å². The average Bonchev–Trinajstić information content (AvgIpc) is 3.43. The summed E-state index contributed by atoms with van der Waals surface area (Å²) < 4.78 is 0. The fourth-order valence-electron chi connectivity index (χ4n) is 4.33. The number of H-pyrrole nitrogens is 1. The molecular weight excluding hydrogens is 390 g/mol. The number of fused-ring (bicyclic) bond motifs is 3. The van der Waals surface area contributed by atoms with Gasteiger partial charge in [-0.15, -0.1) is 11.3 Å². The van der Waals surface area contributed by atoms with E-state index in [2.05, 4.69) is 58.1 Å². The van der Waals surface area contributed by atoms with E-state index >= 15 is 0 Å². The fraction of sp³-hybridized carbons (Fsp3) is 0.240. The van der Waals surface area contributed by atoms with Crippen molar-refractivity contribution in [2.24, 2.45) is 0 Å². The number of carbonyl (C=O) groups excluding carboxylic acids is 1. The second-order valence-corrected chi connectivity index (χ2v) is 8.85. The van der Waals surface area contributed by atoms with Crippen LogP contribution in [-0.4, -0.2) is 23.5 Å². The number of hydrogen-bond donors (Lipinski definition) is 3. The van der Waals surface area contributed by atoms with Gasteiger partial charge in [0.2, 0.25) is 0 Å². The number of aromatic amines is 1. The Bertz CT molecular complexity index is 1150. The molecule has 152 valence electrons. The summed E-state index contributed by atoms with van der Waals surface area (Å²) in [5.41, 5.74) is 6.11. The van der Waals surface area contributed by atoms with Crippen molar-refractivity contribution in [2.75, 3.05) is 11.9 Å². The molecule has 0 saturated carbocycles. The summed E-state index contributed by atoms with van der Waals surface area (Å²) in [6.07, 6.45) is 4.28. The molecule has 0 bridgehead atoms. The molecule has 5 rings (SSSR count). The summed E-state index contributed by atoms with van der Waals surface area (Å²) in [7, 11) is 0. The highest BCUT2D eigenvalue weighted by Gasteiger charge is 2.22. The quantitative estimate of drug-likeness (QED) is 0.407. The number of hydrogen-bond acceptors (Lipinski definition) is 3. The van der Waals surface area contributed by atoms with Gasteiger partial charge in [0.1, 0.15) is 0 Å². The standard InChI is InChI=1S/C25H25N3OS/c29-25(24-7-4-14-30-24)27-19-9-11-23-21(16-19)20-15-18(8-10-22(20)28-23)26-13-12-17-5-2-1-3-6-17/h1-7,9,11,14,16,18,26,28H,8,10,12-13,15H2,(H,27,29). The van der Waals surface area contributed by atoms with Crippen LogP contribution in [0.1, 0.15) is 32.9 Å². The average molecular weight is 416 g/mol. The second kappa shape index (κ2) is 8.46. The van der Waals surface area contributed by atoms with Gasteiger partial charge >= 0.3 is 0 Å². The number of rotatable bonds is 6. The number of nitrogens with one attached hydrogen (secondary N) is 3. The van der Waals surface area contributed by atoms with Gasteiger partial charge in [-0.25, -0.2) is 0 Å². The Morgan fingerprint density at radius 2 is 2.00 bits per heavy atom. The van der Waals surface area contributed by atoms with E-state index in [1.165, 1.54) is 33.5 Å². The van der Waals surface area contributed by atoms with Gasteiger partial charge in [0, 0.05) is 28.3 Å². The molecule has 2 aromatic carbocycles. The largest absolute Gasteiger partial charge is 0.358 e. The van der Waals surface area contributed by atoms with Gasteiger partial charge < -0.3 is 15.6 Å². The minimum absolute atomic E-state index is 0.0470. The van der Waals surface area contributed by atoms with E-state index in [0.29, 0.717) is 6.04 Å². The molecule has 0 fully saturated rings. The summed E-state index contributed by atoms with van der Waals surface area (Å²) in [5, 5.41) is 9.93. The van der Waals surface area contributed by atoms with Crippen LogP contribution in [0.3, 0.4) is 0 Å². The van der Waals surface area contributed by atoms with Crippen LogP contribution in [-0.2, 0) is 19.3 Å². The smallest absolute Gasteiger partial charge is 0.265 e. The van der Waals surface area contributed by atoms with Crippen LogP contribution in [0.4, 0.5) is 5.69 Å². The molecule has 0 radical (unpaired) electrons. The van der Waals surface area contributed by atoms with Crippen LogP contribution < -0.4 is 10.6 Å². The molecule has 1 atom stereocenters. The van der Waals surface area contributed by atoms with Crippen LogP contribution >= 0.6 is 11.3 Å². The molecule has 2 heterocycles. The second-order valence-electron chi connectivity index (χ2n) is 7.90. The summed E-state index contributed by atoms with van der Waals surface area (Å²) in [4.78, 5) is 16.7. The molecule has 5 heteroatoms. The SMILES string of the molecule is O=C(Nc1ccc2[nH]c3c(c2c1)CC(NCCc1ccccc1)CC3)c1cccs1. The van der Waals surface area contributed by atoms with E-state index in [1.807, 2.05) is 23.6 Å². The Kier molecular flexibility index (Phi) is 5.39. The first-order chi connectivity index (χ1) is 14.8. The summed E-state index contributed by atoms with van der Waals surface area (Å²) >= 11 is 1.46. The molecule has 0 aliphatic heterocycles. The first-order valence-electron chi connectivity index (χ1n) is 10.5. The lowest BCUT2D eigenvalue weighted by molar-refractivity contribution is 0.103. The van der Waals surface area contributed by atoms with E-state index < -0.39 is 0 Å². The molecule has 1 amide bonds. The molecule has 2 aromatic heterocycles. The van der Waals surface area contributed by atoms with Crippen molar-refractivity contribution >= 4 is 33.8 Å². The molecular formula is C25H25N3OS. The van der Waals surface area contributed by atoms with E-state index in [1.54, 1.807) is 0 Å². The third kappa shape index (κ3) is 4.04. The van der Waals surface area contributed by atoms with Gasteiger partial charge in [-0.1, -0.05) is 36.4 Å². The lowest BCUT2D eigenvalue weighted by Gasteiger charge is -2.24. The van der Waals surface area contributed by atoms with Crippen molar-refractivity contribution in [1.82, 2.24) is 10.3 Å². The lowest BCUT2D eigenvalue weighted by Crippen LogP contribution is -2.35. The molecule has 1 aliphatic carbocycles. The fourth-order valence-corrected chi connectivity index (χ4v) is 4.95. The molecule has 0 spiro atoms. The van der Waals surface area contributed by atoms with Crippen molar-refractivity contribution in [3.8, 4) is 0 Å². The van der Waals surface area contributed by atoms with Crippen molar-refractivity contribution in [3.63, 3.8) is 0 Å². The molecule has 1 unspecified atom stereocenters. The molecule has 4 aromatic rings. The molecule has 3 N–H and O–H groups in total. The highest BCUT2D eigenvalue weighted by molar-refractivity contribution is 7.12. The molecule has 0 saturated heterocycles. The van der Waals surface area contributed by atoms with E-state index in [9.17, 15) is 4.79 Å². The van der Waals surface area contributed by atoms with Gasteiger partial charge in [-0.2, -0.15) is 0 Å². The predicted octanol–water partition coefficient (Wildman–Crippen LogP) is 5.17. The van der Waals surface area contributed by atoms with Gasteiger partial charge in [0.05, 0.1) is 4.88 Å². The van der Waals surface area contributed by atoms with Gasteiger partial charge in [0.15, 0.2) is 0 Å². The normalized spacial score (nSPS) is 15.8. The van der Waals surface area contributed by atoms with Crippen LogP contribution in [0.25, 0.3) is 10.9 Å². The molecule has 1 aliphatic rings. The molecule has 4 nitrogen and oxygen atoms in total. The van der Waals surface area contributed by atoms with Crippen LogP contribution in [0.15, 0.2) is 66.0 Å². The summed E-state index contributed by atoms with van der Waals surface area (Å²) in [6, 6.07) is 21.0. The maximum atomic E-state index is 12.4. The van der Waals surface area contributed by atoms with Crippen molar-refractivity contribution in [3.05, 3.63) is 87.7 Å². The van der Waals surface area contributed by atoms with Gasteiger partial charge in [-0.3, -0.25) is 4.79 Å². The monoisotopic (exact) mass is 415 g/mol. The number of aromatic nitrogens is 1. The van der Waals surface area contributed by atoms with E-state index in [4.69, 9.17) is 0 Å². The number of carbonyl (C=O) groups is 1. The maximum absolute atomic E-state index is 12.4. The minimum atomic E-state index is -0.0470. The number of anilines is 1. The maximum Gasteiger partial charge on any atom is 0.265 e. The highest BCUT2D eigenvalue weighted by atomic mass is 32.1. The zero-order chi connectivity index (χ0) is 20.3. The number of amides is 1. The zero-order valence-corrected chi connectivity index (χ0v) is 17.6. The Morgan fingerprint density at radius 3 is 2.83 bits per heavy atom. The first-order valence-corrected chi connectivity index (χ1v) is 11.4. The Morgan fingerprint density at radius 1 is 1.10 bits per heavy atom. The zero-order valence-electron chi connectivity index (χ0n) is 16.8. The Hall–Kier alpha value is -2.89. The first kappa shape index (κ1) is 19.1. The van der Waals surface area contributed by atoms with Crippen LogP contribution in [0.5, 0.6) is 0 Å². The van der Waals surface area contributed by atoms with Crippen molar-refractivity contribution in [2.45, 2.75) is 31.7 Å². The van der Waals surface area contributed by atoms with Gasteiger partial charge in [0.25, 0.3) is 5.91 Å². The Labute approximate surface area is 180 Å². The van der Waals surface area contributed by atoms with E-state index in [0.717, 1.165) is 48.3 Å². The lowest BCUT2D eigenvalue weighted by atomic mass is 9.91. The van der Waals surface area contributed by atoms with Crippen LogP contribution in [0, 0.1) is 0 Å². The molecule has 30 heavy (non-hydrogen) atoms. The number of thiophene rings is 1. The third-order valence-corrected chi connectivity index (χ3v) is 6.75. The van der Waals surface area contributed by atoms with Gasteiger partial charge in [-0.05, 0) is 73.0 Å². The Balaban J connectivity index is 1.28. The van der Waals surface area contributed by atoms with Crippen LogP contribution in [0.2, 0.25) is 0 Å². The minimum Gasteiger partial charge on any atom is -0.358 e. The van der Waals surface area contributed by atoms with Crippen molar-refractivity contribution in [1.29, 1.82) is 0 Å². The predicted molar refractivity (Wildman–Crippen MR) is 125 cm³/mol. The topological polar surface area (TPSA) is 56.9 Å².